The van der Waals surface area contributed by atoms with Gasteiger partial charge in [0.2, 0.25) is 5.91 Å². The Balaban J connectivity index is 1.90. The van der Waals surface area contributed by atoms with Crippen LogP contribution in [-0.2, 0) is 9.59 Å². The van der Waals surface area contributed by atoms with Crippen LogP contribution in [0.1, 0.15) is 5.56 Å². The van der Waals surface area contributed by atoms with Gasteiger partial charge in [-0.25, -0.2) is 9.69 Å². The lowest BCUT2D eigenvalue weighted by Crippen LogP contribution is -2.58. The molecule has 1 N–H and O–H groups in total. The number of carbonyl (C=O) groups excluding carboxylic acids is 3. The van der Waals surface area contributed by atoms with E-state index >= 15 is 0 Å². The van der Waals surface area contributed by atoms with Crippen molar-refractivity contribution in [2.75, 3.05) is 4.90 Å². The van der Waals surface area contributed by atoms with E-state index in [4.69, 9.17) is 0 Å². The van der Waals surface area contributed by atoms with Crippen LogP contribution < -0.4 is 10.2 Å². The molecular formula is C18H14BrN3O3. The molecule has 0 unspecified atom stereocenters. The monoisotopic (exact) mass is 399 g/mol. The maximum atomic E-state index is 12.7. The van der Waals surface area contributed by atoms with Gasteiger partial charge < -0.3 is 0 Å². The fraction of sp³-hybridized carbons (Fsp3) is 0.111. The summed E-state index contributed by atoms with van der Waals surface area (Å²) in [5, 5.41) is 2.21. The molecule has 0 aliphatic carbocycles. The normalized spacial score (nSPS) is 17.9. The predicted octanol–water partition coefficient (Wildman–Crippen LogP) is 3.36. The van der Waals surface area contributed by atoms with Crippen LogP contribution in [0.25, 0.3) is 0 Å². The predicted molar refractivity (Wildman–Crippen MR) is 98.0 cm³/mol. The first kappa shape index (κ1) is 17.0. The van der Waals surface area contributed by atoms with Gasteiger partial charge in [0.15, 0.2) is 5.92 Å². The Kier molecular flexibility index (Phi) is 4.76. The summed E-state index contributed by atoms with van der Waals surface area (Å²) >= 11 is 3.33. The molecule has 0 aromatic heterocycles. The van der Waals surface area contributed by atoms with Gasteiger partial charge in [0.05, 0.1) is 11.4 Å². The lowest BCUT2D eigenvalue weighted by atomic mass is 10.0. The summed E-state index contributed by atoms with van der Waals surface area (Å²) in [6, 6.07) is 13.3. The molecule has 1 aliphatic rings. The van der Waals surface area contributed by atoms with E-state index in [0.29, 0.717) is 11.4 Å². The zero-order valence-corrected chi connectivity index (χ0v) is 14.9. The molecule has 2 aromatic carbocycles. The van der Waals surface area contributed by atoms with E-state index in [2.05, 4.69) is 26.2 Å². The quantitative estimate of drug-likeness (QED) is 0.634. The van der Waals surface area contributed by atoms with E-state index in [1.807, 2.05) is 6.07 Å². The SMILES string of the molecule is Cc1ccccc1N1C(=O)NC(=O)[C@@H](C=Nc2ccc(Br)cc2)C1=O. The van der Waals surface area contributed by atoms with Crippen molar-refractivity contribution in [2.45, 2.75) is 6.92 Å². The summed E-state index contributed by atoms with van der Waals surface area (Å²) in [4.78, 5) is 42.1. The molecule has 1 atom stereocenters. The Hall–Kier alpha value is -2.80. The van der Waals surface area contributed by atoms with Gasteiger partial charge in [0.25, 0.3) is 5.91 Å². The van der Waals surface area contributed by atoms with E-state index in [9.17, 15) is 14.4 Å². The summed E-state index contributed by atoms with van der Waals surface area (Å²) in [5.74, 6) is -2.47. The molecule has 7 heteroatoms. The van der Waals surface area contributed by atoms with Crippen LogP contribution in [0, 0.1) is 12.8 Å². The second kappa shape index (κ2) is 6.98. The molecule has 1 fully saturated rings. The van der Waals surface area contributed by atoms with Gasteiger partial charge in [-0.05, 0) is 42.8 Å². The highest BCUT2D eigenvalue weighted by molar-refractivity contribution is 9.10. The van der Waals surface area contributed by atoms with Crippen molar-refractivity contribution in [3.63, 3.8) is 0 Å². The Morgan fingerprint density at radius 2 is 1.76 bits per heavy atom. The van der Waals surface area contributed by atoms with E-state index in [1.54, 1.807) is 49.4 Å². The van der Waals surface area contributed by atoms with E-state index in [1.165, 1.54) is 6.21 Å². The van der Waals surface area contributed by atoms with Crippen LogP contribution in [0.5, 0.6) is 0 Å². The molecule has 0 spiro atoms. The number of barbiturate groups is 1. The molecule has 3 rings (SSSR count). The van der Waals surface area contributed by atoms with Crippen LogP contribution in [0.4, 0.5) is 16.2 Å². The summed E-state index contributed by atoms with van der Waals surface area (Å²) in [7, 11) is 0. The molecule has 1 heterocycles. The topological polar surface area (TPSA) is 78.8 Å². The molecule has 126 valence electrons. The molecule has 1 saturated heterocycles. The van der Waals surface area contributed by atoms with Crippen LogP contribution in [0.2, 0.25) is 0 Å². The number of aliphatic imine (C=N–C) groups is 1. The number of aryl methyl sites for hydroxylation is 1. The number of para-hydroxylation sites is 1. The first-order chi connectivity index (χ1) is 12.0. The lowest BCUT2D eigenvalue weighted by molar-refractivity contribution is -0.131. The first-order valence-corrected chi connectivity index (χ1v) is 8.31. The van der Waals surface area contributed by atoms with Gasteiger partial charge in [-0.3, -0.25) is 19.9 Å². The Labute approximate surface area is 152 Å². The molecule has 4 amide bonds. The Morgan fingerprint density at radius 3 is 2.44 bits per heavy atom. The van der Waals surface area contributed by atoms with Gasteiger partial charge in [-0.2, -0.15) is 0 Å². The van der Waals surface area contributed by atoms with Crippen molar-refractivity contribution in [3.8, 4) is 0 Å². The Bertz CT molecular complexity index is 877. The smallest absolute Gasteiger partial charge is 0.276 e. The number of benzene rings is 2. The fourth-order valence-electron chi connectivity index (χ4n) is 2.45. The maximum absolute atomic E-state index is 12.7. The van der Waals surface area contributed by atoms with Crippen molar-refractivity contribution in [1.82, 2.24) is 5.32 Å². The van der Waals surface area contributed by atoms with Gasteiger partial charge in [-0.1, -0.05) is 34.1 Å². The number of carbonyl (C=O) groups is 3. The first-order valence-electron chi connectivity index (χ1n) is 7.51. The highest BCUT2D eigenvalue weighted by Crippen LogP contribution is 2.24. The van der Waals surface area contributed by atoms with Crippen molar-refractivity contribution < 1.29 is 14.4 Å². The number of nitrogens with one attached hydrogen (secondary N) is 1. The third-order valence-electron chi connectivity index (χ3n) is 3.76. The Morgan fingerprint density at radius 1 is 1.08 bits per heavy atom. The molecular weight excluding hydrogens is 386 g/mol. The van der Waals surface area contributed by atoms with Gasteiger partial charge >= 0.3 is 6.03 Å². The number of halogens is 1. The summed E-state index contributed by atoms with van der Waals surface area (Å²) in [5.41, 5.74) is 1.80. The highest BCUT2D eigenvalue weighted by atomic mass is 79.9. The third kappa shape index (κ3) is 3.51. The number of urea groups is 1. The minimum atomic E-state index is -1.17. The fourth-order valence-corrected chi connectivity index (χ4v) is 2.72. The van der Waals surface area contributed by atoms with E-state index in [0.717, 1.165) is 14.9 Å². The second-order valence-electron chi connectivity index (χ2n) is 5.49. The molecule has 1 aliphatic heterocycles. The number of nitrogens with zero attached hydrogens (tertiary/aromatic N) is 2. The summed E-state index contributed by atoms with van der Waals surface area (Å²) < 4.78 is 0.897. The number of amides is 4. The minimum Gasteiger partial charge on any atom is -0.276 e. The molecule has 25 heavy (non-hydrogen) atoms. The van der Waals surface area contributed by atoms with Crippen LogP contribution in [0.15, 0.2) is 58.0 Å². The van der Waals surface area contributed by atoms with Crippen molar-refractivity contribution in [2.24, 2.45) is 10.9 Å². The van der Waals surface area contributed by atoms with Gasteiger partial charge in [0, 0.05) is 10.7 Å². The van der Waals surface area contributed by atoms with E-state index in [-0.39, 0.29) is 0 Å². The van der Waals surface area contributed by atoms with Crippen molar-refractivity contribution in [1.29, 1.82) is 0 Å². The molecule has 6 nitrogen and oxygen atoms in total. The van der Waals surface area contributed by atoms with E-state index < -0.39 is 23.8 Å². The number of hydrogen-bond donors (Lipinski definition) is 1. The molecule has 2 aromatic rings. The maximum Gasteiger partial charge on any atom is 0.335 e. The molecule has 0 bridgehead atoms. The number of imide groups is 2. The zero-order chi connectivity index (χ0) is 18.0. The molecule has 0 saturated carbocycles. The van der Waals surface area contributed by atoms with Crippen LogP contribution in [0.3, 0.4) is 0 Å². The summed E-state index contributed by atoms with van der Waals surface area (Å²) in [6.45, 7) is 1.79. The van der Waals surface area contributed by atoms with Crippen LogP contribution >= 0.6 is 15.9 Å². The number of rotatable bonds is 3. The average Bonchev–Trinajstić information content (AvgIpc) is 2.57. The highest BCUT2D eigenvalue weighted by Gasteiger charge is 2.40. The average molecular weight is 400 g/mol. The number of hydrogen-bond acceptors (Lipinski definition) is 4. The standard InChI is InChI=1S/C18H14BrN3O3/c1-11-4-2-3-5-15(11)22-17(24)14(16(23)21-18(22)25)10-20-13-8-6-12(19)7-9-13/h2-10,14H,1H3,(H,21,23,25)/t14-/m1/s1. The number of anilines is 1. The molecule has 0 radical (unpaired) electrons. The lowest BCUT2D eigenvalue weighted by Gasteiger charge is -2.29. The largest absolute Gasteiger partial charge is 0.335 e. The second-order valence-corrected chi connectivity index (χ2v) is 6.40. The van der Waals surface area contributed by atoms with Crippen LogP contribution in [-0.4, -0.2) is 24.1 Å². The summed E-state index contributed by atoms with van der Waals surface area (Å²) in [6.07, 6.45) is 1.26. The zero-order valence-electron chi connectivity index (χ0n) is 13.3. The third-order valence-corrected chi connectivity index (χ3v) is 4.29. The minimum absolute atomic E-state index is 0.444. The van der Waals surface area contributed by atoms with Crippen molar-refractivity contribution >= 4 is 51.4 Å². The van der Waals surface area contributed by atoms with Crippen molar-refractivity contribution in [3.05, 3.63) is 58.6 Å². The van der Waals surface area contributed by atoms with Gasteiger partial charge in [0.1, 0.15) is 0 Å². The van der Waals surface area contributed by atoms with Gasteiger partial charge in [-0.15, -0.1) is 0 Å².